The van der Waals surface area contributed by atoms with Gasteiger partial charge in [-0.15, -0.1) is 4.36 Å². The molecule has 0 heterocycles. The number of amides is 1. The highest BCUT2D eigenvalue weighted by Crippen LogP contribution is 2.14. The van der Waals surface area contributed by atoms with Gasteiger partial charge in [-0.3, -0.25) is 4.79 Å². The molecule has 0 radical (unpaired) electrons. The Morgan fingerprint density at radius 1 is 1.27 bits per heavy atom. The first-order valence-corrected chi connectivity index (χ1v) is 8.26. The summed E-state index contributed by atoms with van der Waals surface area (Å²) in [7, 11) is -3.40. The van der Waals surface area contributed by atoms with E-state index in [9.17, 15) is 18.2 Å². The molecule has 6 nitrogen and oxygen atoms in total. The second-order valence-electron chi connectivity index (χ2n) is 5.65. The van der Waals surface area contributed by atoms with E-state index in [1.165, 1.54) is 12.1 Å². The number of benzene rings is 1. The maximum absolute atomic E-state index is 12.9. The normalized spacial score (nSPS) is 14.0. The number of hydrogen-bond acceptors (Lipinski definition) is 4. The van der Waals surface area contributed by atoms with E-state index in [0.717, 1.165) is 12.1 Å². The molecular weight excluding hydrogens is 313 g/mol. The van der Waals surface area contributed by atoms with Crippen molar-refractivity contribution in [3.05, 3.63) is 35.6 Å². The number of carboxylic acids is 1. The quantitative estimate of drug-likeness (QED) is 0.915. The molecule has 0 fully saturated rings. The van der Waals surface area contributed by atoms with Gasteiger partial charge in [0.05, 0.1) is 15.5 Å². The van der Waals surface area contributed by atoms with Gasteiger partial charge in [0, 0.05) is 0 Å². The number of carbonyl (C=O) groups excluding carboxylic acids is 1. The van der Waals surface area contributed by atoms with Crippen molar-refractivity contribution in [2.24, 2.45) is 4.36 Å². The zero-order valence-electron chi connectivity index (χ0n) is 12.5. The van der Waals surface area contributed by atoms with Gasteiger partial charge in [0.15, 0.2) is 0 Å². The lowest BCUT2D eigenvalue weighted by atomic mass is 10.2. The summed E-state index contributed by atoms with van der Waals surface area (Å²) in [5.74, 6) is -2.90. The molecule has 1 amide bonds. The van der Waals surface area contributed by atoms with E-state index in [-0.39, 0.29) is 5.75 Å². The summed E-state index contributed by atoms with van der Waals surface area (Å²) in [6, 6.07) is 5.04. The first kappa shape index (κ1) is 18.1. The molecule has 0 aliphatic carbocycles. The number of nitrogens with zero attached hydrogens (tertiary/aromatic N) is 1. The molecule has 1 unspecified atom stereocenters. The van der Waals surface area contributed by atoms with E-state index < -0.39 is 39.0 Å². The molecule has 22 heavy (non-hydrogen) atoms. The van der Waals surface area contributed by atoms with Crippen molar-refractivity contribution in [3.8, 4) is 0 Å². The van der Waals surface area contributed by atoms with Crippen LogP contribution in [0, 0.1) is 5.82 Å². The maximum Gasteiger partial charge on any atom is 0.442 e. The van der Waals surface area contributed by atoms with Crippen LogP contribution in [0.4, 0.5) is 9.18 Å². The highest BCUT2D eigenvalue weighted by molar-refractivity contribution is 7.93. The van der Waals surface area contributed by atoms with Gasteiger partial charge in [-0.2, -0.15) is 0 Å². The average molecular weight is 331 g/mol. The van der Waals surface area contributed by atoms with Crippen LogP contribution in [0.5, 0.6) is 0 Å². The number of hydrogen-bond donors (Lipinski definition) is 1. The topological polar surface area (TPSA) is 93.0 Å². The van der Waals surface area contributed by atoms with E-state index in [2.05, 4.69) is 4.36 Å². The molecule has 1 aromatic rings. The number of aliphatic carboxylic acids is 1. The third kappa shape index (κ3) is 6.66. The molecule has 0 saturated carbocycles. The van der Waals surface area contributed by atoms with Crippen LogP contribution in [-0.4, -0.2) is 32.7 Å². The summed E-state index contributed by atoms with van der Waals surface area (Å²) in [6.45, 7) is 4.83. The van der Waals surface area contributed by atoms with E-state index in [1.807, 2.05) is 0 Å². The molecule has 0 aliphatic rings. The zero-order chi connectivity index (χ0) is 17.0. The number of rotatable bonds is 4. The summed E-state index contributed by atoms with van der Waals surface area (Å²) >= 11 is 0. The maximum atomic E-state index is 12.9. The predicted molar refractivity (Wildman–Crippen MR) is 79.4 cm³/mol. The molecule has 1 N–H and O–H groups in total. The van der Waals surface area contributed by atoms with Crippen molar-refractivity contribution in [2.75, 3.05) is 5.75 Å². The molecule has 0 bridgehead atoms. The van der Waals surface area contributed by atoms with Crippen LogP contribution in [0.3, 0.4) is 0 Å². The number of ether oxygens (including phenoxy) is 1. The Morgan fingerprint density at radius 3 is 2.27 bits per heavy atom. The fraction of sp³-hybridized carbons (Fsp3) is 0.429. The van der Waals surface area contributed by atoms with Crippen LogP contribution in [0.1, 0.15) is 26.3 Å². The number of halogens is 1. The van der Waals surface area contributed by atoms with Gasteiger partial charge >= 0.3 is 12.1 Å². The first-order valence-electron chi connectivity index (χ1n) is 6.41. The minimum Gasteiger partial charge on any atom is -0.481 e. The third-order valence-electron chi connectivity index (χ3n) is 2.29. The Bertz CT molecular complexity index is 669. The van der Waals surface area contributed by atoms with E-state index in [0.29, 0.717) is 5.56 Å². The smallest absolute Gasteiger partial charge is 0.442 e. The van der Waals surface area contributed by atoms with Crippen LogP contribution >= 0.6 is 0 Å². The molecule has 0 saturated heterocycles. The summed E-state index contributed by atoms with van der Waals surface area (Å²) in [4.78, 5) is 22.6. The van der Waals surface area contributed by atoms with Gasteiger partial charge in [-0.1, -0.05) is 12.1 Å². The zero-order valence-corrected chi connectivity index (χ0v) is 13.4. The molecule has 0 spiro atoms. The summed E-state index contributed by atoms with van der Waals surface area (Å²) in [5, 5.41) is 8.87. The summed E-state index contributed by atoms with van der Waals surface area (Å²) < 4.78 is 33.8. The van der Waals surface area contributed by atoms with Gasteiger partial charge < -0.3 is 9.84 Å². The second-order valence-corrected chi connectivity index (χ2v) is 7.96. The van der Waals surface area contributed by atoms with Crippen LogP contribution in [-0.2, 0) is 25.0 Å². The molecule has 1 aromatic carbocycles. The minimum atomic E-state index is -3.40. The van der Waals surface area contributed by atoms with Gasteiger partial charge in [-0.25, -0.2) is 13.4 Å². The van der Waals surface area contributed by atoms with Crippen molar-refractivity contribution >= 4 is 21.8 Å². The molecular formula is C14H18FNO5S. The monoisotopic (exact) mass is 331 g/mol. The molecule has 8 heteroatoms. The number of carboxylic acid groups (broad SMARTS) is 1. The molecule has 122 valence electrons. The fourth-order valence-corrected chi connectivity index (χ4v) is 3.21. The highest BCUT2D eigenvalue weighted by atomic mass is 32.2. The van der Waals surface area contributed by atoms with Gasteiger partial charge in [-0.05, 0) is 38.5 Å². The van der Waals surface area contributed by atoms with Gasteiger partial charge in [0.25, 0.3) is 0 Å². The lowest BCUT2D eigenvalue weighted by Crippen LogP contribution is -2.24. The van der Waals surface area contributed by atoms with Crippen LogP contribution in [0.25, 0.3) is 0 Å². The van der Waals surface area contributed by atoms with Crippen LogP contribution < -0.4 is 0 Å². The molecule has 1 atom stereocenters. The largest absolute Gasteiger partial charge is 0.481 e. The Morgan fingerprint density at radius 2 is 1.82 bits per heavy atom. The molecule has 0 aliphatic heterocycles. The Labute approximate surface area is 128 Å². The summed E-state index contributed by atoms with van der Waals surface area (Å²) in [5.41, 5.74) is -0.417. The van der Waals surface area contributed by atoms with E-state index in [1.54, 1.807) is 20.8 Å². The van der Waals surface area contributed by atoms with Crippen molar-refractivity contribution < 1.29 is 28.0 Å². The molecule has 1 rings (SSSR count). The van der Waals surface area contributed by atoms with Crippen molar-refractivity contribution in [1.82, 2.24) is 0 Å². The summed E-state index contributed by atoms with van der Waals surface area (Å²) in [6.07, 6.45) is -1.08. The Hall–Kier alpha value is -1.96. The minimum absolute atomic E-state index is 0.279. The standard InChI is InChI=1S/C14H18FNO5S/c1-14(2,3)21-13(19)16-22(20,9-12(17)18)8-10-4-6-11(15)7-5-10/h4-7H,8-9H2,1-3H3,(H,17,18). The lowest BCUT2D eigenvalue weighted by Gasteiger charge is -2.18. The average Bonchev–Trinajstić information content (AvgIpc) is 2.27. The van der Waals surface area contributed by atoms with E-state index >= 15 is 0 Å². The Balaban J connectivity index is 3.08. The van der Waals surface area contributed by atoms with E-state index in [4.69, 9.17) is 9.84 Å². The predicted octanol–water partition coefficient (Wildman–Crippen LogP) is 2.81. The van der Waals surface area contributed by atoms with Crippen molar-refractivity contribution in [3.63, 3.8) is 0 Å². The second kappa shape index (κ2) is 6.87. The Kier molecular flexibility index (Phi) is 5.65. The third-order valence-corrected chi connectivity index (χ3v) is 4.25. The van der Waals surface area contributed by atoms with Gasteiger partial charge in [0.2, 0.25) is 0 Å². The fourth-order valence-electron chi connectivity index (χ4n) is 1.57. The first-order chi connectivity index (χ1) is 9.99. The number of carbonyl (C=O) groups is 2. The lowest BCUT2D eigenvalue weighted by molar-refractivity contribution is -0.134. The van der Waals surface area contributed by atoms with Crippen LogP contribution in [0.15, 0.2) is 28.6 Å². The van der Waals surface area contributed by atoms with Crippen molar-refractivity contribution in [2.45, 2.75) is 32.1 Å². The SMILES string of the molecule is CC(C)(C)OC(=O)N=S(=O)(CC(=O)O)Cc1ccc(F)cc1. The highest BCUT2D eigenvalue weighted by Gasteiger charge is 2.21. The van der Waals surface area contributed by atoms with Crippen LogP contribution in [0.2, 0.25) is 0 Å². The van der Waals surface area contributed by atoms with Gasteiger partial charge in [0.1, 0.15) is 17.2 Å². The molecule has 0 aromatic heterocycles. The van der Waals surface area contributed by atoms with Crippen molar-refractivity contribution in [1.29, 1.82) is 0 Å².